The van der Waals surface area contributed by atoms with Crippen LogP contribution >= 0.6 is 0 Å². The van der Waals surface area contributed by atoms with Gasteiger partial charge in [-0.05, 0) is 55.7 Å². The number of aromatic nitrogens is 3. The summed E-state index contributed by atoms with van der Waals surface area (Å²) in [5, 5.41) is 4.12. The molecule has 34 heavy (non-hydrogen) atoms. The number of nitrogens with one attached hydrogen (secondary N) is 1. The van der Waals surface area contributed by atoms with Gasteiger partial charge in [0.05, 0.1) is 16.7 Å². The number of halogens is 2. The van der Waals surface area contributed by atoms with E-state index in [0.29, 0.717) is 25.0 Å². The Balaban J connectivity index is 1.60. The van der Waals surface area contributed by atoms with Crippen molar-refractivity contribution in [2.24, 2.45) is 5.92 Å². The Hall–Kier alpha value is -3.35. The smallest absolute Gasteiger partial charge is 0.248 e. The SMILES string of the molecule is Cc1noc(C)c1-c1cnc2c(-c3ccc(C[C]=O)cc3)c[nH]c2c1CC1CCC(F)(F)CC1. The van der Waals surface area contributed by atoms with Crippen LogP contribution in [-0.2, 0) is 17.6 Å². The number of fused-ring (bicyclic) bond motifs is 1. The predicted octanol–water partition coefficient (Wildman–Crippen LogP) is 6.52. The summed E-state index contributed by atoms with van der Waals surface area (Å²) in [4.78, 5) is 18.9. The Bertz CT molecular complexity index is 1310. The van der Waals surface area contributed by atoms with E-state index in [-0.39, 0.29) is 25.2 Å². The summed E-state index contributed by atoms with van der Waals surface area (Å²) in [6, 6.07) is 7.78. The number of nitrogens with zero attached hydrogens (tertiary/aromatic N) is 2. The van der Waals surface area contributed by atoms with E-state index < -0.39 is 5.92 Å². The third-order valence-corrected chi connectivity index (χ3v) is 6.98. The van der Waals surface area contributed by atoms with Crippen molar-refractivity contribution in [2.45, 2.75) is 58.3 Å². The van der Waals surface area contributed by atoms with Crippen molar-refractivity contribution in [3.63, 3.8) is 0 Å². The summed E-state index contributed by atoms with van der Waals surface area (Å²) < 4.78 is 33.0. The molecule has 5 nitrogen and oxygen atoms in total. The summed E-state index contributed by atoms with van der Waals surface area (Å²) in [5.74, 6) is -1.67. The van der Waals surface area contributed by atoms with Crippen LogP contribution in [-0.4, -0.2) is 27.3 Å². The number of carbonyl (C=O) groups excluding carboxylic acids is 1. The van der Waals surface area contributed by atoms with Gasteiger partial charge in [-0.25, -0.2) is 8.78 Å². The second kappa shape index (κ2) is 8.78. The number of benzene rings is 1. The normalized spacial score (nSPS) is 16.2. The van der Waals surface area contributed by atoms with Gasteiger partial charge in [-0.15, -0.1) is 0 Å². The highest BCUT2D eigenvalue weighted by Crippen LogP contribution is 2.41. The molecule has 0 spiro atoms. The molecule has 5 rings (SSSR count). The van der Waals surface area contributed by atoms with Crippen molar-refractivity contribution in [2.75, 3.05) is 0 Å². The number of alkyl halides is 2. The zero-order valence-corrected chi connectivity index (χ0v) is 19.3. The van der Waals surface area contributed by atoms with Crippen molar-refractivity contribution in [1.29, 1.82) is 0 Å². The molecule has 0 aliphatic heterocycles. The average Bonchev–Trinajstić information content (AvgIpc) is 3.39. The summed E-state index contributed by atoms with van der Waals surface area (Å²) in [7, 11) is 0. The highest BCUT2D eigenvalue weighted by Gasteiger charge is 2.35. The number of rotatable bonds is 6. The van der Waals surface area contributed by atoms with E-state index in [4.69, 9.17) is 9.51 Å². The van der Waals surface area contributed by atoms with E-state index in [2.05, 4.69) is 10.1 Å². The van der Waals surface area contributed by atoms with E-state index in [1.165, 1.54) is 0 Å². The molecule has 0 atom stereocenters. The standard InChI is InChI=1S/C27H26F2N3O2/c1-16-24(17(2)34-32-16)23-15-31-26-22(20-5-3-18(4-6-20)9-12-33)14-30-25(26)21(23)13-19-7-10-27(28,29)11-8-19/h3-6,14-15,19,30H,7-11,13H2,1-2H3. The Morgan fingerprint density at radius 1 is 1.15 bits per heavy atom. The fourth-order valence-corrected chi connectivity index (χ4v) is 5.11. The molecule has 0 amide bonds. The van der Waals surface area contributed by atoms with E-state index in [1.54, 1.807) is 0 Å². The molecule has 4 aromatic rings. The molecule has 1 aliphatic rings. The van der Waals surface area contributed by atoms with Gasteiger partial charge >= 0.3 is 0 Å². The van der Waals surface area contributed by atoms with Gasteiger partial charge in [-0.2, -0.15) is 0 Å². The fourth-order valence-electron chi connectivity index (χ4n) is 5.11. The van der Waals surface area contributed by atoms with Gasteiger partial charge in [0.25, 0.3) is 0 Å². The number of H-pyrrole nitrogens is 1. The highest BCUT2D eigenvalue weighted by atomic mass is 19.3. The van der Waals surface area contributed by atoms with Crippen molar-refractivity contribution in [1.82, 2.24) is 15.1 Å². The van der Waals surface area contributed by atoms with E-state index in [0.717, 1.165) is 50.1 Å². The maximum atomic E-state index is 13.8. The van der Waals surface area contributed by atoms with Crippen LogP contribution in [0, 0.1) is 19.8 Å². The lowest BCUT2D eigenvalue weighted by atomic mass is 9.81. The monoisotopic (exact) mass is 462 g/mol. The molecule has 0 saturated heterocycles. The summed E-state index contributed by atoms with van der Waals surface area (Å²) >= 11 is 0. The van der Waals surface area contributed by atoms with Gasteiger partial charge in [0.1, 0.15) is 5.76 Å². The van der Waals surface area contributed by atoms with Crippen LogP contribution in [0.3, 0.4) is 0 Å². The Morgan fingerprint density at radius 2 is 1.88 bits per heavy atom. The predicted molar refractivity (Wildman–Crippen MR) is 127 cm³/mol. The van der Waals surface area contributed by atoms with E-state index in [1.807, 2.05) is 56.8 Å². The molecule has 1 N–H and O–H groups in total. The molecule has 3 heterocycles. The minimum Gasteiger partial charge on any atom is -0.361 e. The third kappa shape index (κ3) is 4.15. The quantitative estimate of drug-likeness (QED) is 0.354. The van der Waals surface area contributed by atoms with Crippen LogP contribution in [0.15, 0.2) is 41.2 Å². The second-order valence-corrected chi connectivity index (χ2v) is 9.30. The number of pyridine rings is 1. The summed E-state index contributed by atoms with van der Waals surface area (Å²) in [5.41, 5.74) is 8.29. The minimum atomic E-state index is -2.55. The number of hydrogen-bond acceptors (Lipinski definition) is 4. The lowest BCUT2D eigenvalue weighted by Crippen LogP contribution is -2.25. The Morgan fingerprint density at radius 3 is 2.53 bits per heavy atom. The summed E-state index contributed by atoms with van der Waals surface area (Å²) in [6.07, 6.45) is 7.54. The van der Waals surface area contributed by atoms with Crippen LogP contribution in [0.2, 0.25) is 0 Å². The van der Waals surface area contributed by atoms with Crippen molar-refractivity contribution in [3.8, 4) is 22.3 Å². The Labute approximate surface area is 196 Å². The van der Waals surface area contributed by atoms with Gasteiger partial charge in [-0.1, -0.05) is 29.4 Å². The van der Waals surface area contributed by atoms with Crippen molar-refractivity contribution < 1.29 is 18.1 Å². The minimum absolute atomic E-state index is 0.0624. The van der Waals surface area contributed by atoms with Gasteiger partial charge in [0.15, 0.2) is 0 Å². The number of aryl methyl sites for hydroxylation is 2. The second-order valence-electron chi connectivity index (χ2n) is 9.30. The molecule has 3 aromatic heterocycles. The first-order chi connectivity index (χ1) is 16.4. The molecule has 1 aliphatic carbocycles. The molecule has 1 radical (unpaired) electrons. The summed E-state index contributed by atoms with van der Waals surface area (Å²) in [6.45, 7) is 3.78. The first-order valence-corrected chi connectivity index (χ1v) is 11.6. The average molecular weight is 463 g/mol. The van der Waals surface area contributed by atoms with Crippen molar-refractivity contribution >= 4 is 17.3 Å². The van der Waals surface area contributed by atoms with Gasteiger partial charge in [0.2, 0.25) is 12.2 Å². The zero-order chi connectivity index (χ0) is 23.9. The van der Waals surface area contributed by atoms with Gasteiger partial charge < -0.3 is 9.51 Å². The molecule has 1 aromatic carbocycles. The lowest BCUT2D eigenvalue weighted by Gasteiger charge is -2.28. The lowest BCUT2D eigenvalue weighted by molar-refractivity contribution is -0.0456. The van der Waals surface area contributed by atoms with E-state index >= 15 is 0 Å². The maximum Gasteiger partial charge on any atom is 0.248 e. The Kier molecular flexibility index (Phi) is 5.80. The first kappa shape index (κ1) is 22.4. The highest BCUT2D eigenvalue weighted by molar-refractivity contribution is 5.97. The zero-order valence-electron chi connectivity index (χ0n) is 19.3. The van der Waals surface area contributed by atoms with Crippen LogP contribution in [0.4, 0.5) is 8.78 Å². The molecule has 0 unspecified atom stereocenters. The van der Waals surface area contributed by atoms with Crippen molar-refractivity contribution in [3.05, 3.63) is 59.2 Å². The molecule has 1 saturated carbocycles. The number of aromatic amines is 1. The van der Waals surface area contributed by atoms with E-state index in [9.17, 15) is 13.6 Å². The third-order valence-electron chi connectivity index (χ3n) is 6.98. The van der Waals surface area contributed by atoms with Crippen LogP contribution in [0.1, 0.15) is 48.3 Å². The van der Waals surface area contributed by atoms with Crippen LogP contribution in [0.5, 0.6) is 0 Å². The fraction of sp³-hybridized carbons (Fsp3) is 0.370. The topological polar surface area (TPSA) is 71.8 Å². The van der Waals surface area contributed by atoms with Crippen LogP contribution < -0.4 is 0 Å². The molecule has 7 heteroatoms. The molecular weight excluding hydrogens is 436 g/mol. The maximum absolute atomic E-state index is 13.8. The van der Waals surface area contributed by atoms with Gasteiger partial charge in [0, 0.05) is 48.3 Å². The van der Waals surface area contributed by atoms with Gasteiger partial charge in [-0.3, -0.25) is 9.78 Å². The van der Waals surface area contributed by atoms with Crippen LogP contribution in [0.25, 0.3) is 33.3 Å². The molecular formula is C27H26F2N3O2. The first-order valence-electron chi connectivity index (χ1n) is 11.6. The molecule has 1 fully saturated rings. The molecule has 175 valence electrons. The number of hydrogen-bond donors (Lipinski definition) is 1. The largest absolute Gasteiger partial charge is 0.361 e. The molecule has 0 bridgehead atoms.